The highest BCUT2D eigenvalue weighted by atomic mass is 79.9. The Morgan fingerprint density at radius 3 is 2.76 bits per heavy atom. The molecule has 0 aliphatic heterocycles. The maximum absolute atomic E-state index is 13.5. The van der Waals surface area contributed by atoms with Crippen molar-refractivity contribution < 1.29 is 13.9 Å². The summed E-state index contributed by atoms with van der Waals surface area (Å²) in [5, 5.41) is 3.52. The van der Waals surface area contributed by atoms with Crippen molar-refractivity contribution in [3.05, 3.63) is 62.8 Å². The molecule has 0 aliphatic carbocycles. The fourth-order valence-corrected chi connectivity index (χ4v) is 2.22. The summed E-state index contributed by atoms with van der Waals surface area (Å²) in [6.07, 6.45) is 0. The quantitative estimate of drug-likeness (QED) is 0.795. The van der Waals surface area contributed by atoms with Gasteiger partial charge in [-0.2, -0.15) is 0 Å². The number of carbonyl (C=O) groups excluding carboxylic acids is 1. The SMILES string of the molecule is COC(=O)c1cc(Cl)ccc1NCc1ccc(Br)c(F)c1. The monoisotopic (exact) mass is 371 g/mol. The number of hydrogen-bond donors (Lipinski definition) is 1. The van der Waals surface area contributed by atoms with Gasteiger partial charge in [0.25, 0.3) is 0 Å². The molecule has 0 radical (unpaired) electrons. The molecule has 0 bridgehead atoms. The molecule has 3 nitrogen and oxygen atoms in total. The highest BCUT2D eigenvalue weighted by Gasteiger charge is 2.12. The summed E-state index contributed by atoms with van der Waals surface area (Å²) in [5.41, 5.74) is 1.67. The van der Waals surface area contributed by atoms with Crippen LogP contribution in [0.4, 0.5) is 10.1 Å². The minimum atomic E-state index is -0.484. The van der Waals surface area contributed by atoms with Crippen LogP contribution in [0, 0.1) is 5.82 Å². The molecule has 0 atom stereocenters. The summed E-state index contributed by atoms with van der Waals surface area (Å²) >= 11 is 8.98. The molecule has 0 aromatic heterocycles. The Labute approximate surface area is 135 Å². The number of nitrogens with one attached hydrogen (secondary N) is 1. The van der Waals surface area contributed by atoms with Crippen molar-refractivity contribution in [3.63, 3.8) is 0 Å². The summed E-state index contributed by atoms with van der Waals surface area (Å²) in [4.78, 5) is 11.7. The molecule has 0 heterocycles. The molecule has 6 heteroatoms. The van der Waals surface area contributed by atoms with Crippen molar-refractivity contribution in [2.75, 3.05) is 12.4 Å². The van der Waals surface area contributed by atoms with Gasteiger partial charge in [-0.05, 0) is 51.8 Å². The van der Waals surface area contributed by atoms with E-state index in [4.69, 9.17) is 16.3 Å². The third-order valence-corrected chi connectivity index (χ3v) is 3.73. The highest BCUT2D eigenvalue weighted by Crippen LogP contribution is 2.23. The topological polar surface area (TPSA) is 38.3 Å². The minimum absolute atomic E-state index is 0.335. The molecule has 0 saturated heterocycles. The predicted molar refractivity (Wildman–Crippen MR) is 84.2 cm³/mol. The summed E-state index contributed by atoms with van der Waals surface area (Å²) in [6, 6.07) is 9.72. The highest BCUT2D eigenvalue weighted by molar-refractivity contribution is 9.10. The molecule has 0 unspecified atom stereocenters. The predicted octanol–water partition coefficient (Wildman–Crippen LogP) is 4.64. The van der Waals surface area contributed by atoms with Crippen LogP contribution in [0.25, 0.3) is 0 Å². The van der Waals surface area contributed by atoms with Gasteiger partial charge in [0, 0.05) is 17.3 Å². The van der Waals surface area contributed by atoms with Crippen LogP contribution in [0.15, 0.2) is 40.9 Å². The molecule has 0 saturated carbocycles. The number of ether oxygens (including phenoxy) is 1. The molecule has 110 valence electrons. The third-order valence-electron chi connectivity index (χ3n) is 2.85. The van der Waals surface area contributed by atoms with Gasteiger partial charge < -0.3 is 10.1 Å². The number of halogens is 3. The van der Waals surface area contributed by atoms with Gasteiger partial charge in [0.2, 0.25) is 0 Å². The minimum Gasteiger partial charge on any atom is -0.465 e. The van der Waals surface area contributed by atoms with E-state index in [0.29, 0.717) is 27.3 Å². The van der Waals surface area contributed by atoms with Crippen molar-refractivity contribution in [1.82, 2.24) is 0 Å². The number of hydrogen-bond acceptors (Lipinski definition) is 3. The third kappa shape index (κ3) is 3.95. The molecular formula is C15H12BrClFNO2. The maximum atomic E-state index is 13.5. The van der Waals surface area contributed by atoms with Gasteiger partial charge in [-0.3, -0.25) is 0 Å². The van der Waals surface area contributed by atoms with Crippen molar-refractivity contribution >= 4 is 39.2 Å². The van der Waals surface area contributed by atoms with E-state index in [1.54, 1.807) is 24.3 Å². The smallest absolute Gasteiger partial charge is 0.340 e. The van der Waals surface area contributed by atoms with Crippen LogP contribution < -0.4 is 5.32 Å². The lowest BCUT2D eigenvalue weighted by Gasteiger charge is -2.11. The zero-order valence-corrected chi connectivity index (χ0v) is 13.5. The van der Waals surface area contributed by atoms with Gasteiger partial charge in [0.05, 0.1) is 17.1 Å². The largest absolute Gasteiger partial charge is 0.465 e. The first-order valence-electron chi connectivity index (χ1n) is 6.07. The normalized spacial score (nSPS) is 10.3. The Hall–Kier alpha value is -1.59. The van der Waals surface area contributed by atoms with Crippen LogP contribution in [0.5, 0.6) is 0 Å². The zero-order chi connectivity index (χ0) is 15.4. The van der Waals surface area contributed by atoms with Gasteiger partial charge in [-0.15, -0.1) is 0 Å². The Kier molecular flexibility index (Phi) is 5.20. The molecule has 2 rings (SSSR count). The van der Waals surface area contributed by atoms with E-state index in [1.807, 2.05) is 0 Å². The fraction of sp³-hybridized carbons (Fsp3) is 0.133. The van der Waals surface area contributed by atoms with Crippen LogP contribution in [-0.2, 0) is 11.3 Å². The van der Waals surface area contributed by atoms with Gasteiger partial charge in [-0.25, -0.2) is 9.18 Å². The number of methoxy groups -OCH3 is 1. The first-order valence-corrected chi connectivity index (χ1v) is 7.24. The van der Waals surface area contributed by atoms with Crippen molar-refractivity contribution in [2.45, 2.75) is 6.54 Å². The molecule has 2 aromatic carbocycles. The first-order chi connectivity index (χ1) is 10.0. The lowest BCUT2D eigenvalue weighted by atomic mass is 10.1. The standard InChI is InChI=1S/C15H12BrClFNO2/c1-21-15(20)11-7-10(17)3-5-14(11)19-8-9-2-4-12(16)13(18)6-9/h2-7,19H,8H2,1H3. The summed E-state index contributed by atoms with van der Waals surface area (Å²) < 4.78 is 18.6. The van der Waals surface area contributed by atoms with E-state index in [-0.39, 0.29) is 5.82 Å². The van der Waals surface area contributed by atoms with Gasteiger partial charge >= 0.3 is 5.97 Å². The second-order valence-corrected chi connectivity index (χ2v) is 5.57. The zero-order valence-electron chi connectivity index (χ0n) is 11.1. The Balaban J connectivity index is 2.19. The number of benzene rings is 2. The lowest BCUT2D eigenvalue weighted by molar-refractivity contribution is 0.0602. The van der Waals surface area contributed by atoms with Crippen LogP contribution in [0.3, 0.4) is 0 Å². The lowest BCUT2D eigenvalue weighted by Crippen LogP contribution is -2.08. The van der Waals surface area contributed by atoms with Crippen LogP contribution >= 0.6 is 27.5 Å². The average molecular weight is 373 g/mol. The van der Waals surface area contributed by atoms with Gasteiger partial charge in [-0.1, -0.05) is 17.7 Å². The van der Waals surface area contributed by atoms with Gasteiger partial charge in [0.1, 0.15) is 5.82 Å². The Bertz CT molecular complexity index is 679. The molecule has 0 fully saturated rings. The fourth-order valence-electron chi connectivity index (χ4n) is 1.80. The Morgan fingerprint density at radius 2 is 2.10 bits per heavy atom. The van der Waals surface area contributed by atoms with E-state index in [0.717, 1.165) is 5.56 Å². The Morgan fingerprint density at radius 1 is 1.33 bits per heavy atom. The molecular weight excluding hydrogens is 361 g/mol. The van der Waals surface area contributed by atoms with E-state index in [9.17, 15) is 9.18 Å². The van der Waals surface area contributed by atoms with E-state index < -0.39 is 5.97 Å². The van der Waals surface area contributed by atoms with Crippen LogP contribution in [-0.4, -0.2) is 13.1 Å². The summed E-state index contributed by atoms with van der Waals surface area (Å²) in [6.45, 7) is 0.371. The molecule has 2 aromatic rings. The van der Waals surface area contributed by atoms with Gasteiger partial charge in [0.15, 0.2) is 0 Å². The van der Waals surface area contributed by atoms with Crippen molar-refractivity contribution in [1.29, 1.82) is 0 Å². The summed E-state index contributed by atoms with van der Waals surface area (Å²) in [5.74, 6) is -0.819. The molecule has 1 N–H and O–H groups in total. The number of carbonyl (C=O) groups is 1. The van der Waals surface area contributed by atoms with E-state index in [2.05, 4.69) is 21.2 Å². The van der Waals surface area contributed by atoms with Crippen molar-refractivity contribution in [2.24, 2.45) is 0 Å². The average Bonchev–Trinajstić information content (AvgIpc) is 2.48. The molecule has 21 heavy (non-hydrogen) atoms. The van der Waals surface area contributed by atoms with E-state index in [1.165, 1.54) is 19.2 Å². The molecule has 0 spiro atoms. The first kappa shape index (κ1) is 15.8. The number of rotatable bonds is 4. The van der Waals surface area contributed by atoms with Crippen LogP contribution in [0.2, 0.25) is 5.02 Å². The van der Waals surface area contributed by atoms with Crippen molar-refractivity contribution in [3.8, 4) is 0 Å². The second kappa shape index (κ2) is 6.91. The van der Waals surface area contributed by atoms with Crippen LogP contribution in [0.1, 0.15) is 15.9 Å². The maximum Gasteiger partial charge on any atom is 0.340 e. The second-order valence-electron chi connectivity index (χ2n) is 4.28. The molecule has 0 amide bonds. The van der Waals surface area contributed by atoms with E-state index >= 15 is 0 Å². The number of esters is 1. The summed E-state index contributed by atoms with van der Waals surface area (Å²) in [7, 11) is 1.30. The molecule has 0 aliphatic rings. The number of anilines is 1.